The molecule has 2 aromatic heterocycles. The quantitative estimate of drug-likeness (QED) is 0.505. The first-order valence-electron chi connectivity index (χ1n) is 2.95. The van der Waals surface area contributed by atoms with Crippen LogP contribution >= 0.6 is 0 Å². The largest absolute Gasteiger partial charge is 0.396 e. The van der Waals surface area contributed by atoms with Crippen LogP contribution in [0.25, 0.3) is 5.52 Å². The van der Waals surface area contributed by atoms with Gasteiger partial charge in [-0.05, 0) is 0 Å². The summed E-state index contributed by atoms with van der Waals surface area (Å²) in [6.45, 7) is 0. The maximum atomic E-state index is 11.0. The summed E-state index contributed by atoms with van der Waals surface area (Å²) in [5.74, 6) is 0. The van der Waals surface area contributed by atoms with Crippen molar-refractivity contribution in [3.05, 3.63) is 22.9 Å². The van der Waals surface area contributed by atoms with Crippen molar-refractivity contribution in [1.29, 1.82) is 0 Å². The highest BCUT2D eigenvalue weighted by Crippen LogP contribution is 2.03. The maximum Gasteiger partial charge on any atom is 0.292 e. The molecular weight excluding hydrogens is 146 g/mol. The second-order valence-electron chi connectivity index (χ2n) is 2.08. The maximum absolute atomic E-state index is 11.0. The average molecular weight is 151 g/mol. The molecule has 0 aliphatic rings. The van der Waals surface area contributed by atoms with E-state index < -0.39 is 0 Å². The molecule has 0 aromatic carbocycles. The highest BCUT2D eigenvalue weighted by molar-refractivity contribution is 5.66. The second kappa shape index (κ2) is 1.82. The van der Waals surface area contributed by atoms with E-state index in [0.29, 0.717) is 11.2 Å². The van der Waals surface area contributed by atoms with Crippen molar-refractivity contribution in [3.63, 3.8) is 0 Å². The molecule has 0 atom stereocenters. The van der Waals surface area contributed by atoms with Gasteiger partial charge in [-0.1, -0.05) is 0 Å². The Labute approximate surface area is 60.6 Å². The van der Waals surface area contributed by atoms with Gasteiger partial charge in [0.1, 0.15) is 6.33 Å². The highest BCUT2D eigenvalue weighted by atomic mass is 16.1. The van der Waals surface area contributed by atoms with Gasteiger partial charge in [-0.3, -0.25) is 4.79 Å². The summed E-state index contributed by atoms with van der Waals surface area (Å²) in [5.41, 5.74) is 5.80. The van der Waals surface area contributed by atoms with Crippen LogP contribution in [0.1, 0.15) is 0 Å². The Hall–Kier alpha value is -1.85. The molecule has 0 fully saturated rings. The van der Waals surface area contributed by atoms with Gasteiger partial charge in [0.15, 0.2) is 5.52 Å². The van der Waals surface area contributed by atoms with E-state index in [1.165, 1.54) is 17.0 Å². The first kappa shape index (κ1) is 5.90. The van der Waals surface area contributed by atoms with E-state index in [4.69, 9.17) is 5.73 Å². The number of anilines is 1. The molecule has 3 N–H and O–H groups in total. The molecule has 6 nitrogen and oxygen atoms in total. The summed E-state index contributed by atoms with van der Waals surface area (Å²) in [4.78, 5) is 11.0. The number of hydrogen-bond donors (Lipinski definition) is 2. The van der Waals surface area contributed by atoms with Crippen molar-refractivity contribution in [2.45, 2.75) is 0 Å². The molecule has 2 rings (SSSR count). The van der Waals surface area contributed by atoms with Crippen LogP contribution < -0.4 is 11.3 Å². The van der Waals surface area contributed by atoms with Gasteiger partial charge in [-0.15, -0.1) is 0 Å². The Morgan fingerprint density at radius 3 is 3.18 bits per heavy atom. The second-order valence-corrected chi connectivity index (χ2v) is 2.08. The minimum absolute atomic E-state index is 0.331. The molecule has 0 spiro atoms. The minimum Gasteiger partial charge on any atom is -0.396 e. The molecule has 0 saturated heterocycles. The molecule has 56 valence electrons. The number of rotatable bonds is 0. The van der Waals surface area contributed by atoms with Crippen molar-refractivity contribution in [3.8, 4) is 0 Å². The third-order valence-electron chi connectivity index (χ3n) is 1.37. The highest BCUT2D eigenvalue weighted by Gasteiger charge is 2.02. The van der Waals surface area contributed by atoms with Gasteiger partial charge in [0.25, 0.3) is 5.56 Å². The number of nitrogen functional groups attached to an aromatic ring is 1. The molecule has 2 aromatic rings. The summed E-state index contributed by atoms with van der Waals surface area (Å²) in [7, 11) is 0. The fourth-order valence-corrected chi connectivity index (χ4v) is 0.893. The fourth-order valence-electron chi connectivity index (χ4n) is 0.893. The van der Waals surface area contributed by atoms with Crippen LogP contribution in [0.5, 0.6) is 0 Å². The molecular formula is C5H5N5O. The molecule has 0 aliphatic carbocycles. The lowest BCUT2D eigenvalue weighted by Crippen LogP contribution is -2.12. The van der Waals surface area contributed by atoms with Gasteiger partial charge >= 0.3 is 0 Å². The number of aromatic amines is 1. The number of nitrogens with zero attached hydrogens (tertiary/aromatic N) is 3. The summed E-state index contributed by atoms with van der Waals surface area (Å²) < 4.78 is 1.33. The van der Waals surface area contributed by atoms with Crippen molar-refractivity contribution < 1.29 is 0 Å². The molecule has 11 heavy (non-hydrogen) atoms. The van der Waals surface area contributed by atoms with Gasteiger partial charge in [0, 0.05) is 0 Å². The zero-order valence-electron chi connectivity index (χ0n) is 5.48. The van der Waals surface area contributed by atoms with Crippen LogP contribution in [0.4, 0.5) is 5.69 Å². The van der Waals surface area contributed by atoms with Crippen LogP contribution in [0.2, 0.25) is 0 Å². The standard InChI is InChI=1S/C5H5N5O/c6-3-1-8-10-2-7-9-5(11)4(3)10/h1-2H,6H2,(H,9,11). The van der Waals surface area contributed by atoms with Crippen molar-refractivity contribution in [1.82, 2.24) is 19.8 Å². The minimum atomic E-state index is -0.331. The van der Waals surface area contributed by atoms with E-state index in [1.807, 2.05) is 0 Å². The fraction of sp³-hybridized carbons (Fsp3) is 0. The average Bonchev–Trinajstić information content (AvgIpc) is 2.34. The monoisotopic (exact) mass is 151 g/mol. The van der Waals surface area contributed by atoms with Crippen LogP contribution in [0.3, 0.4) is 0 Å². The number of H-pyrrole nitrogens is 1. The predicted molar refractivity (Wildman–Crippen MR) is 38.0 cm³/mol. The first-order chi connectivity index (χ1) is 5.29. The van der Waals surface area contributed by atoms with E-state index in [0.717, 1.165) is 0 Å². The zero-order chi connectivity index (χ0) is 7.84. The first-order valence-corrected chi connectivity index (χ1v) is 2.95. The van der Waals surface area contributed by atoms with Crippen LogP contribution in [0.15, 0.2) is 17.3 Å². The molecule has 6 heteroatoms. The molecule has 0 saturated carbocycles. The smallest absolute Gasteiger partial charge is 0.292 e. The van der Waals surface area contributed by atoms with Crippen LogP contribution in [-0.2, 0) is 0 Å². The number of nitrogens with one attached hydrogen (secondary N) is 1. The van der Waals surface area contributed by atoms with Crippen molar-refractivity contribution >= 4 is 11.2 Å². The number of hydrogen-bond acceptors (Lipinski definition) is 4. The summed E-state index contributed by atoms with van der Waals surface area (Å²) in [5, 5.41) is 9.58. The Kier molecular flexibility index (Phi) is 0.974. The number of fused-ring (bicyclic) bond motifs is 1. The lowest BCUT2D eigenvalue weighted by atomic mass is 10.5. The summed E-state index contributed by atoms with van der Waals surface area (Å²) >= 11 is 0. The normalized spacial score (nSPS) is 10.5. The Morgan fingerprint density at radius 1 is 1.64 bits per heavy atom. The van der Waals surface area contributed by atoms with Crippen molar-refractivity contribution in [2.24, 2.45) is 0 Å². The van der Waals surface area contributed by atoms with E-state index in [2.05, 4.69) is 15.3 Å². The van der Waals surface area contributed by atoms with E-state index in [9.17, 15) is 4.79 Å². The van der Waals surface area contributed by atoms with E-state index in [-0.39, 0.29) is 5.56 Å². The molecule has 2 heterocycles. The zero-order valence-corrected chi connectivity index (χ0v) is 5.48. The third-order valence-corrected chi connectivity index (χ3v) is 1.37. The summed E-state index contributed by atoms with van der Waals surface area (Å²) in [6, 6.07) is 0. The Balaban J connectivity index is 3.08. The van der Waals surface area contributed by atoms with Crippen molar-refractivity contribution in [2.75, 3.05) is 5.73 Å². The lowest BCUT2D eigenvalue weighted by molar-refractivity contribution is 0.846. The van der Waals surface area contributed by atoms with Crippen LogP contribution in [-0.4, -0.2) is 19.8 Å². The Bertz CT molecular complexity index is 441. The van der Waals surface area contributed by atoms with Gasteiger partial charge in [-0.25, -0.2) is 9.61 Å². The van der Waals surface area contributed by atoms with Gasteiger partial charge in [0.2, 0.25) is 0 Å². The Morgan fingerprint density at radius 2 is 2.45 bits per heavy atom. The van der Waals surface area contributed by atoms with Gasteiger partial charge in [0.05, 0.1) is 11.9 Å². The third kappa shape index (κ3) is 0.689. The lowest BCUT2D eigenvalue weighted by Gasteiger charge is -1.88. The molecule has 0 bridgehead atoms. The summed E-state index contributed by atoms with van der Waals surface area (Å²) in [6.07, 6.45) is 2.79. The number of nitrogens with two attached hydrogens (primary N) is 1. The van der Waals surface area contributed by atoms with Crippen LogP contribution in [0, 0.1) is 0 Å². The molecule has 0 aliphatic heterocycles. The van der Waals surface area contributed by atoms with E-state index >= 15 is 0 Å². The van der Waals surface area contributed by atoms with E-state index in [1.54, 1.807) is 0 Å². The SMILES string of the molecule is Nc1cnn2cn[nH]c(=O)c12. The van der Waals surface area contributed by atoms with Gasteiger partial charge in [-0.2, -0.15) is 10.2 Å². The molecule has 0 unspecified atom stereocenters. The molecule has 0 amide bonds. The topological polar surface area (TPSA) is 89.1 Å². The number of aromatic nitrogens is 4. The predicted octanol–water partition coefficient (Wildman–Crippen LogP) is -1.00. The molecule has 0 radical (unpaired) electrons. The van der Waals surface area contributed by atoms with Gasteiger partial charge < -0.3 is 5.73 Å².